The van der Waals surface area contributed by atoms with Gasteiger partial charge >= 0.3 is 0 Å². The lowest BCUT2D eigenvalue weighted by Crippen LogP contribution is -2.19. The van der Waals surface area contributed by atoms with Crippen molar-refractivity contribution in [2.75, 3.05) is 0 Å². The number of benzene rings is 1. The van der Waals surface area contributed by atoms with Crippen molar-refractivity contribution in [1.29, 1.82) is 0 Å². The summed E-state index contributed by atoms with van der Waals surface area (Å²) in [5, 5.41) is 0. The first-order chi connectivity index (χ1) is 9.05. The van der Waals surface area contributed by atoms with E-state index in [1.54, 1.807) is 12.1 Å². The second kappa shape index (κ2) is 4.48. The molecule has 1 aromatic heterocycles. The number of aromatic nitrogens is 2. The smallest absolute Gasteiger partial charge is 0.125 e. The Bertz CT molecular complexity index is 614. The van der Waals surface area contributed by atoms with Crippen LogP contribution < -0.4 is 0 Å². The van der Waals surface area contributed by atoms with E-state index in [9.17, 15) is 4.39 Å². The molecule has 1 aliphatic rings. The zero-order chi connectivity index (χ0) is 13.6. The molecule has 0 bridgehead atoms. The third-order valence-corrected chi connectivity index (χ3v) is 4.74. The molecule has 2 nitrogen and oxygen atoms in total. The Kier molecular flexibility index (Phi) is 3.05. The van der Waals surface area contributed by atoms with Crippen molar-refractivity contribution in [3.8, 4) is 0 Å². The predicted octanol–water partition coefficient (Wildman–Crippen LogP) is 4.35. The van der Waals surface area contributed by atoms with Crippen LogP contribution in [-0.2, 0) is 12.4 Å². The summed E-state index contributed by atoms with van der Waals surface area (Å²) in [6.07, 6.45) is 2.47. The first-order valence-corrected chi connectivity index (χ1v) is 7.30. The van der Waals surface area contributed by atoms with Crippen LogP contribution in [-0.4, -0.2) is 9.55 Å². The highest BCUT2D eigenvalue weighted by molar-refractivity contribution is 6.16. The van der Waals surface area contributed by atoms with E-state index in [1.807, 2.05) is 0 Å². The molecule has 1 fully saturated rings. The highest BCUT2D eigenvalue weighted by Gasteiger charge is 2.46. The van der Waals surface area contributed by atoms with E-state index in [0.29, 0.717) is 17.2 Å². The van der Waals surface area contributed by atoms with Crippen molar-refractivity contribution < 1.29 is 4.39 Å². The van der Waals surface area contributed by atoms with E-state index in [0.717, 1.165) is 23.4 Å². The van der Waals surface area contributed by atoms with Crippen LogP contribution in [0.3, 0.4) is 0 Å². The van der Waals surface area contributed by atoms with Gasteiger partial charge in [-0.3, -0.25) is 0 Å². The number of alkyl halides is 1. The van der Waals surface area contributed by atoms with Gasteiger partial charge in [0.15, 0.2) is 0 Å². The van der Waals surface area contributed by atoms with Crippen molar-refractivity contribution in [2.45, 2.75) is 39.1 Å². The second-order valence-corrected chi connectivity index (χ2v) is 6.17. The number of halogens is 2. The topological polar surface area (TPSA) is 17.8 Å². The average Bonchev–Trinajstić information content (AvgIpc) is 3.09. The summed E-state index contributed by atoms with van der Waals surface area (Å²) in [6.45, 7) is 5.41. The fraction of sp³-hybridized carbons (Fsp3) is 0.533. The third kappa shape index (κ3) is 2.14. The van der Waals surface area contributed by atoms with Gasteiger partial charge in [0, 0.05) is 6.54 Å². The van der Waals surface area contributed by atoms with Gasteiger partial charge in [0.1, 0.15) is 11.6 Å². The van der Waals surface area contributed by atoms with E-state index < -0.39 is 0 Å². The van der Waals surface area contributed by atoms with Crippen LogP contribution >= 0.6 is 11.6 Å². The lowest BCUT2D eigenvalue weighted by atomic mass is 9.92. The summed E-state index contributed by atoms with van der Waals surface area (Å²) < 4.78 is 15.6. The summed E-state index contributed by atoms with van der Waals surface area (Å²) in [4.78, 5) is 4.51. The standard InChI is InChI=1S/C15H18ClFN2/c1-10(2)15(5-6-15)9-19-13-7-11(17)3-4-12(13)18-14(19)8-16/h3-4,7,10H,5-6,8-9H2,1-2H3. The molecule has 1 aliphatic carbocycles. The Balaban J connectivity index is 2.08. The zero-order valence-electron chi connectivity index (χ0n) is 11.3. The van der Waals surface area contributed by atoms with Crippen molar-refractivity contribution in [1.82, 2.24) is 9.55 Å². The predicted molar refractivity (Wildman–Crippen MR) is 75.8 cm³/mol. The summed E-state index contributed by atoms with van der Waals surface area (Å²) in [5.41, 5.74) is 2.04. The monoisotopic (exact) mass is 280 g/mol. The Morgan fingerprint density at radius 3 is 2.74 bits per heavy atom. The maximum atomic E-state index is 13.5. The molecule has 0 unspecified atom stereocenters. The molecular formula is C15H18ClFN2. The minimum absolute atomic E-state index is 0.218. The molecule has 0 spiro atoms. The van der Waals surface area contributed by atoms with Gasteiger partial charge in [0.25, 0.3) is 0 Å². The summed E-state index contributed by atoms with van der Waals surface area (Å²) in [7, 11) is 0. The first-order valence-electron chi connectivity index (χ1n) is 6.76. The highest BCUT2D eigenvalue weighted by Crippen LogP contribution is 2.53. The van der Waals surface area contributed by atoms with Gasteiger partial charge in [-0.1, -0.05) is 13.8 Å². The van der Waals surface area contributed by atoms with Crippen molar-refractivity contribution >= 4 is 22.6 Å². The lowest BCUT2D eigenvalue weighted by Gasteiger charge is -2.21. The Morgan fingerprint density at radius 2 is 2.16 bits per heavy atom. The number of hydrogen-bond donors (Lipinski definition) is 0. The van der Waals surface area contributed by atoms with E-state index in [4.69, 9.17) is 11.6 Å². The molecule has 0 radical (unpaired) electrons. The van der Waals surface area contributed by atoms with Crippen LogP contribution in [0.2, 0.25) is 0 Å². The number of fused-ring (bicyclic) bond motifs is 1. The van der Waals surface area contributed by atoms with E-state index >= 15 is 0 Å². The molecule has 0 saturated heterocycles. The van der Waals surface area contributed by atoms with Crippen LogP contribution in [0.4, 0.5) is 4.39 Å². The minimum atomic E-state index is -0.218. The maximum absolute atomic E-state index is 13.5. The van der Waals surface area contributed by atoms with Crippen LogP contribution in [0, 0.1) is 17.2 Å². The molecule has 2 aromatic rings. The van der Waals surface area contributed by atoms with Crippen LogP contribution in [0.5, 0.6) is 0 Å². The van der Waals surface area contributed by atoms with Crippen molar-refractivity contribution in [3.63, 3.8) is 0 Å². The zero-order valence-corrected chi connectivity index (χ0v) is 12.0. The quantitative estimate of drug-likeness (QED) is 0.761. The molecule has 102 valence electrons. The van der Waals surface area contributed by atoms with Gasteiger partial charge in [-0.05, 0) is 42.4 Å². The first kappa shape index (κ1) is 12.9. The lowest BCUT2D eigenvalue weighted by molar-refractivity contribution is 0.309. The molecule has 19 heavy (non-hydrogen) atoms. The largest absolute Gasteiger partial charge is 0.326 e. The highest BCUT2D eigenvalue weighted by atomic mass is 35.5. The van der Waals surface area contributed by atoms with Gasteiger partial charge in [-0.2, -0.15) is 0 Å². The van der Waals surface area contributed by atoms with E-state index in [-0.39, 0.29) is 5.82 Å². The second-order valence-electron chi connectivity index (χ2n) is 5.90. The average molecular weight is 281 g/mol. The summed E-state index contributed by atoms with van der Waals surface area (Å²) in [5.74, 6) is 1.62. The van der Waals surface area contributed by atoms with Gasteiger partial charge in [0.2, 0.25) is 0 Å². The Labute approximate surface area is 117 Å². The molecule has 0 amide bonds. The normalized spacial score (nSPS) is 17.3. The van der Waals surface area contributed by atoms with Crippen LogP contribution in [0.1, 0.15) is 32.5 Å². The molecule has 1 aromatic carbocycles. The minimum Gasteiger partial charge on any atom is -0.326 e. The fourth-order valence-corrected chi connectivity index (χ4v) is 3.02. The number of nitrogens with zero attached hydrogens (tertiary/aromatic N) is 2. The molecule has 0 N–H and O–H groups in total. The van der Waals surface area contributed by atoms with Gasteiger partial charge in [-0.25, -0.2) is 9.37 Å². The van der Waals surface area contributed by atoms with Gasteiger partial charge in [0.05, 0.1) is 16.9 Å². The Hall–Kier alpha value is -1.09. The van der Waals surface area contributed by atoms with E-state index in [2.05, 4.69) is 23.4 Å². The van der Waals surface area contributed by atoms with Crippen molar-refractivity contribution in [3.05, 3.63) is 29.8 Å². The molecule has 1 heterocycles. The third-order valence-electron chi connectivity index (χ3n) is 4.50. The van der Waals surface area contributed by atoms with Crippen molar-refractivity contribution in [2.24, 2.45) is 11.3 Å². The molecule has 0 atom stereocenters. The Morgan fingerprint density at radius 1 is 1.42 bits per heavy atom. The van der Waals surface area contributed by atoms with Gasteiger partial charge in [-0.15, -0.1) is 11.6 Å². The number of rotatable bonds is 4. The van der Waals surface area contributed by atoms with Gasteiger partial charge < -0.3 is 4.57 Å². The molecule has 3 rings (SSSR count). The molecule has 4 heteroatoms. The molecular weight excluding hydrogens is 263 g/mol. The number of imidazole rings is 1. The summed E-state index contributed by atoms with van der Waals surface area (Å²) in [6, 6.07) is 4.74. The van der Waals surface area contributed by atoms with Crippen LogP contribution in [0.25, 0.3) is 11.0 Å². The fourth-order valence-electron chi connectivity index (χ4n) is 2.82. The molecule has 1 saturated carbocycles. The molecule has 0 aliphatic heterocycles. The van der Waals surface area contributed by atoms with E-state index in [1.165, 1.54) is 18.9 Å². The number of hydrogen-bond acceptors (Lipinski definition) is 1. The SMILES string of the molecule is CC(C)C1(Cn2c(CCl)nc3ccc(F)cc32)CC1. The maximum Gasteiger partial charge on any atom is 0.125 e. The van der Waals surface area contributed by atoms with Crippen LogP contribution in [0.15, 0.2) is 18.2 Å². The summed E-state index contributed by atoms with van der Waals surface area (Å²) >= 11 is 6.00.